The number of para-hydroxylation sites is 1. The highest BCUT2D eigenvalue weighted by Crippen LogP contribution is 2.49. The van der Waals surface area contributed by atoms with Crippen LogP contribution >= 0.6 is 0 Å². The van der Waals surface area contributed by atoms with Crippen LogP contribution in [-0.2, 0) is 0 Å². The number of anilines is 3. The Hall–Kier alpha value is -8.78. The number of benzene rings is 13. The molecule has 13 aromatic carbocycles. The molecule has 0 aliphatic rings. The van der Waals surface area contributed by atoms with Gasteiger partial charge in [0.05, 0.1) is 11.4 Å². The first-order valence-corrected chi connectivity index (χ1v) is 23.2. The molecule has 0 aliphatic carbocycles. The first kappa shape index (κ1) is 38.7. The van der Waals surface area contributed by atoms with E-state index in [1.165, 1.54) is 98.0 Å². The van der Waals surface area contributed by atoms with Crippen LogP contribution in [0, 0.1) is 0 Å². The molecule has 0 saturated heterocycles. The second-order valence-corrected chi connectivity index (χ2v) is 17.6. The molecule has 0 atom stereocenters. The van der Waals surface area contributed by atoms with Gasteiger partial charge in [-0.3, -0.25) is 0 Å². The van der Waals surface area contributed by atoms with Crippen LogP contribution in [0.15, 0.2) is 261 Å². The standard InChI is InChI=1S/C66H43N/c1-3-18-46(19-4-1)65-61-29-14-12-27-58(61)59-40-36-51(42-62(59)66(65)47-20-5-2-6-21-47)56-25-15-16-30-63(56)67(64-43-49-22-8-10-24-54(49)57-26-11-13-28-60(57)64)52-37-33-44(34-38-52)48-35-39-55-50(41-48)32-31-45-17-7-9-23-53(45)55/h1-43H. The molecule has 0 aliphatic heterocycles. The molecule has 1 nitrogen and oxygen atoms in total. The average molecular weight is 850 g/mol. The maximum absolute atomic E-state index is 2.48. The SMILES string of the molecule is c1ccc(-c2c(-c3ccccc3)c3cc(-c4ccccc4N(c4ccc(-c5ccc6c(ccc7ccccc76)c5)cc4)c4cc5ccccc5c5ccccc45)ccc3c3ccccc23)cc1. The van der Waals surface area contributed by atoms with Crippen molar-refractivity contribution in [1.29, 1.82) is 0 Å². The number of hydrogen-bond acceptors (Lipinski definition) is 1. The Morgan fingerprint density at radius 2 is 0.672 bits per heavy atom. The maximum atomic E-state index is 2.48. The molecule has 1 heteroatoms. The quantitative estimate of drug-likeness (QED) is 0.144. The molecule has 0 fully saturated rings. The zero-order valence-corrected chi connectivity index (χ0v) is 36.8. The largest absolute Gasteiger partial charge is 0.309 e. The van der Waals surface area contributed by atoms with Crippen LogP contribution in [0.2, 0.25) is 0 Å². The normalized spacial score (nSPS) is 11.6. The number of rotatable bonds is 7. The molecule has 0 unspecified atom stereocenters. The van der Waals surface area contributed by atoms with Gasteiger partial charge in [-0.15, -0.1) is 0 Å². The predicted molar refractivity (Wildman–Crippen MR) is 288 cm³/mol. The monoisotopic (exact) mass is 849 g/mol. The highest BCUT2D eigenvalue weighted by atomic mass is 15.1. The summed E-state index contributed by atoms with van der Waals surface area (Å²) in [5.41, 5.74) is 12.9. The second-order valence-electron chi connectivity index (χ2n) is 17.6. The fourth-order valence-corrected chi connectivity index (χ4v) is 10.7. The van der Waals surface area contributed by atoms with Crippen molar-refractivity contribution >= 4 is 81.7 Å². The van der Waals surface area contributed by atoms with E-state index in [1.807, 2.05) is 0 Å². The van der Waals surface area contributed by atoms with E-state index in [0.29, 0.717) is 0 Å². The second kappa shape index (κ2) is 16.0. The topological polar surface area (TPSA) is 3.24 Å². The van der Waals surface area contributed by atoms with E-state index in [2.05, 4.69) is 266 Å². The van der Waals surface area contributed by atoms with Crippen LogP contribution in [0.3, 0.4) is 0 Å². The Kier molecular flexibility index (Phi) is 9.25. The van der Waals surface area contributed by atoms with E-state index in [4.69, 9.17) is 0 Å². The summed E-state index contributed by atoms with van der Waals surface area (Å²) in [6.07, 6.45) is 0. The number of fused-ring (bicyclic) bond motifs is 9. The first-order chi connectivity index (χ1) is 33.2. The predicted octanol–water partition coefficient (Wildman–Crippen LogP) is 18.7. The minimum atomic E-state index is 1.09. The molecule has 0 bridgehead atoms. The van der Waals surface area contributed by atoms with Gasteiger partial charge in [-0.05, 0) is 135 Å². The maximum Gasteiger partial charge on any atom is 0.0546 e. The van der Waals surface area contributed by atoms with Gasteiger partial charge in [0.1, 0.15) is 0 Å². The molecule has 0 N–H and O–H groups in total. The van der Waals surface area contributed by atoms with Crippen molar-refractivity contribution in [1.82, 2.24) is 0 Å². The third-order valence-corrected chi connectivity index (χ3v) is 13.8. The van der Waals surface area contributed by atoms with Crippen molar-refractivity contribution in [3.05, 3.63) is 261 Å². The van der Waals surface area contributed by atoms with Crippen LogP contribution in [0.1, 0.15) is 0 Å². The number of hydrogen-bond donors (Lipinski definition) is 0. The van der Waals surface area contributed by atoms with Gasteiger partial charge in [-0.25, -0.2) is 0 Å². The molecule has 0 radical (unpaired) electrons. The lowest BCUT2D eigenvalue weighted by molar-refractivity contribution is 1.30. The van der Waals surface area contributed by atoms with E-state index in [1.54, 1.807) is 0 Å². The Labute approximate surface area is 390 Å². The third kappa shape index (κ3) is 6.55. The van der Waals surface area contributed by atoms with Gasteiger partial charge < -0.3 is 4.90 Å². The van der Waals surface area contributed by atoms with E-state index >= 15 is 0 Å². The lowest BCUT2D eigenvalue weighted by atomic mass is 9.84. The van der Waals surface area contributed by atoms with Crippen LogP contribution < -0.4 is 4.90 Å². The zero-order chi connectivity index (χ0) is 44.3. The van der Waals surface area contributed by atoms with Gasteiger partial charge in [-0.1, -0.05) is 224 Å². The molecule has 0 aromatic heterocycles. The first-order valence-electron chi connectivity index (χ1n) is 23.2. The lowest BCUT2D eigenvalue weighted by Gasteiger charge is -2.30. The van der Waals surface area contributed by atoms with Crippen molar-refractivity contribution in [2.24, 2.45) is 0 Å². The van der Waals surface area contributed by atoms with Gasteiger partial charge >= 0.3 is 0 Å². The van der Waals surface area contributed by atoms with Gasteiger partial charge in [-0.2, -0.15) is 0 Å². The highest BCUT2D eigenvalue weighted by molar-refractivity contribution is 6.22. The van der Waals surface area contributed by atoms with Crippen molar-refractivity contribution in [2.45, 2.75) is 0 Å². The summed E-state index contributed by atoms with van der Waals surface area (Å²) in [6, 6.07) is 96.0. The zero-order valence-electron chi connectivity index (χ0n) is 36.8. The van der Waals surface area contributed by atoms with Gasteiger partial charge in [0.25, 0.3) is 0 Å². The molecule has 13 rings (SSSR count). The molecule has 0 amide bonds. The van der Waals surface area contributed by atoms with Crippen LogP contribution in [0.5, 0.6) is 0 Å². The van der Waals surface area contributed by atoms with E-state index in [9.17, 15) is 0 Å². The Morgan fingerprint density at radius 3 is 1.40 bits per heavy atom. The average Bonchev–Trinajstić information content (AvgIpc) is 3.41. The van der Waals surface area contributed by atoms with Crippen molar-refractivity contribution in [3.8, 4) is 44.5 Å². The molecule has 0 spiro atoms. The molecule has 0 saturated carbocycles. The third-order valence-electron chi connectivity index (χ3n) is 13.8. The van der Waals surface area contributed by atoms with Gasteiger partial charge in [0.15, 0.2) is 0 Å². The summed E-state index contributed by atoms with van der Waals surface area (Å²) in [6.45, 7) is 0. The minimum absolute atomic E-state index is 1.09. The summed E-state index contributed by atoms with van der Waals surface area (Å²) in [5.74, 6) is 0. The molecule has 67 heavy (non-hydrogen) atoms. The minimum Gasteiger partial charge on any atom is -0.309 e. The van der Waals surface area contributed by atoms with Crippen LogP contribution in [0.25, 0.3) is 109 Å². The Balaban J connectivity index is 1.03. The summed E-state index contributed by atoms with van der Waals surface area (Å²) < 4.78 is 0. The molecular formula is C66H43N. The van der Waals surface area contributed by atoms with E-state index < -0.39 is 0 Å². The smallest absolute Gasteiger partial charge is 0.0546 e. The number of nitrogens with zero attached hydrogens (tertiary/aromatic N) is 1. The van der Waals surface area contributed by atoms with E-state index in [-0.39, 0.29) is 0 Å². The summed E-state index contributed by atoms with van der Waals surface area (Å²) >= 11 is 0. The molecule has 13 aromatic rings. The Bertz CT molecular complexity index is 4020. The van der Waals surface area contributed by atoms with Gasteiger partial charge in [0, 0.05) is 16.6 Å². The summed E-state index contributed by atoms with van der Waals surface area (Å²) in [7, 11) is 0. The van der Waals surface area contributed by atoms with Crippen LogP contribution in [0.4, 0.5) is 17.1 Å². The van der Waals surface area contributed by atoms with Crippen molar-refractivity contribution < 1.29 is 0 Å². The molecular weight excluding hydrogens is 807 g/mol. The van der Waals surface area contributed by atoms with Crippen molar-refractivity contribution in [2.75, 3.05) is 4.90 Å². The Morgan fingerprint density at radius 1 is 0.209 bits per heavy atom. The van der Waals surface area contributed by atoms with E-state index in [0.717, 1.165) is 28.2 Å². The lowest BCUT2D eigenvalue weighted by Crippen LogP contribution is -2.12. The molecule has 0 heterocycles. The summed E-state index contributed by atoms with van der Waals surface area (Å²) in [5, 5.41) is 14.9. The molecule has 312 valence electrons. The van der Waals surface area contributed by atoms with Gasteiger partial charge in [0.2, 0.25) is 0 Å². The van der Waals surface area contributed by atoms with Crippen LogP contribution in [-0.4, -0.2) is 0 Å². The summed E-state index contributed by atoms with van der Waals surface area (Å²) in [4.78, 5) is 2.48. The van der Waals surface area contributed by atoms with Crippen molar-refractivity contribution in [3.63, 3.8) is 0 Å². The fourth-order valence-electron chi connectivity index (χ4n) is 10.7. The fraction of sp³-hybridized carbons (Fsp3) is 0. The highest BCUT2D eigenvalue weighted by Gasteiger charge is 2.23.